The minimum atomic E-state index is -0.306. The lowest BCUT2D eigenvalue weighted by Gasteiger charge is -2.31. The molecule has 3 aromatic rings. The van der Waals surface area contributed by atoms with E-state index in [1.54, 1.807) is 12.1 Å². The summed E-state index contributed by atoms with van der Waals surface area (Å²) in [5.41, 5.74) is 0.791. The van der Waals surface area contributed by atoms with Crippen molar-refractivity contribution in [3.05, 3.63) is 65.3 Å². The van der Waals surface area contributed by atoms with E-state index in [0.717, 1.165) is 36.3 Å². The Morgan fingerprint density at radius 1 is 1.07 bits per heavy atom. The molecule has 150 valence electrons. The summed E-state index contributed by atoms with van der Waals surface area (Å²) in [7, 11) is 0. The van der Waals surface area contributed by atoms with Crippen LogP contribution in [-0.2, 0) is 4.79 Å². The van der Waals surface area contributed by atoms with Crippen molar-refractivity contribution < 1.29 is 14.0 Å². The highest BCUT2D eigenvalue weighted by Crippen LogP contribution is 2.27. The minimum Gasteiger partial charge on any atom is -0.349 e. The Bertz CT molecular complexity index is 1010. The summed E-state index contributed by atoms with van der Waals surface area (Å²) in [4.78, 5) is 27.4. The van der Waals surface area contributed by atoms with Gasteiger partial charge in [0.15, 0.2) is 0 Å². The van der Waals surface area contributed by atoms with Crippen LogP contribution in [0.25, 0.3) is 10.1 Å². The van der Waals surface area contributed by atoms with Crippen molar-refractivity contribution in [2.24, 2.45) is 0 Å². The van der Waals surface area contributed by atoms with E-state index in [2.05, 4.69) is 15.5 Å². The number of amides is 2. The molecule has 5 nitrogen and oxygen atoms in total. The third kappa shape index (κ3) is 4.81. The number of benzene rings is 2. The summed E-state index contributed by atoms with van der Waals surface area (Å²) in [6.45, 7) is 1.83. The average molecular weight is 412 g/mol. The summed E-state index contributed by atoms with van der Waals surface area (Å²) in [5.74, 6) is -0.503. The molecule has 0 radical (unpaired) electrons. The van der Waals surface area contributed by atoms with Crippen LogP contribution in [-0.4, -0.2) is 42.4 Å². The molecule has 1 aromatic heterocycles. The maximum absolute atomic E-state index is 13.8. The molecule has 29 heavy (non-hydrogen) atoms. The minimum absolute atomic E-state index is 0.0361. The molecule has 1 saturated heterocycles. The average Bonchev–Trinajstić information content (AvgIpc) is 3.16. The van der Waals surface area contributed by atoms with Crippen LogP contribution in [0.5, 0.6) is 0 Å². The molecule has 0 spiro atoms. The van der Waals surface area contributed by atoms with Gasteiger partial charge < -0.3 is 10.6 Å². The summed E-state index contributed by atoms with van der Waals surface area (Å²) in [6.07, 6.45) is 1.56. The van der Waals surface area contributed by atoms with Crippen LogP contribution in [0.1, 0.15) is 22.5 Å². The Morgan fingerprint density at radius 2 is 1.83 bits per heavy atom. The van der Waals surface area contributed by atoms with Crippen molar-refractivity contribution in [1.82, 2.24) is 10.2 Å². The summed E-state index contributed by atoms with van der Waals surface area (Å²) in [6, 6.07) is 15.9. The van der Waals surface area contributed by atoms with Gasteiger partial charge in [-0.05, 0) is 43.2 Å². The number of para-hydroxylation sites is 1. The van der Waals surface area contributed by atoms with Gasteiger partial charge in [-0.1, -0.05) is 24.3 Å². The molecule has 1 aliphatic heterocycles. The van der Waals surface area contributed by atoms with E-state index in [-0.39, 0.29) is 23.7 Å². The van der Waals surface area contributed by atoms with Crippen LogP contribution >= 0.6 is 11.3 Å². The Labute approximate surface area is 172 Å². The Balaban J connectivity index is 1.26. The van der Waals surface area contributed by atoms with Gasteiger partial charge in [0.25, 0.3) is 5.91 Å². The van der Waals surface area contributed by atoms with Crippen molar-refractivity contribution in [3.8, 4) is 0 Å². The van der Waals surface area contributed by atoms with Crippen molar-refractivity contribution in [1.29, 1.82) is 0 Å². The molecule has 7 heteroatoms. The zero-order valence-corrected chi connectivity index (χ0v) is 16.7. The number of nitrogens with one attached hydrogen (secondary N) is 2. The summed E-state index contributed by atoms with van der Waals surface area (Å²) >= 11 is 1.30. The van der Waals surface area contributed by atoms with E-state index in [4.69, 9.17) is 0 Å². The quantitative estimate of drug-likeness (QED) is 0.670. The maximum atomic E-state index is 13.8. The highest BCUT2D eigenvalue weighted by Gasteiger charge is 2.23. The zero-order valence-electron chi connectivity index (χ0n) is 15.9. The molecule has 0 unspecified atom stereocenters. The van der Waals surface area contributed by atoms with Crippen LogP contribution in [0.2, 0.25) is 0 Å². The first kappa shape index (κ1) is 19.5. The van der Waals surface area contributed by atoms with Gasteiger partial charge in [0.2, 0.25) is 5.91 Å². The molecule has 2 aromatic carbocycles. The summed E-state index contributed by atoms with van der Waals surface area (Å²) < 4.78 is 14.6. The molecule has 1 fully saturated rings. The van der Waals surface area contributed by atoms with E-state index in [0.29, 0.717) is 16.8 Å². The normalized spacial score (nSPS) is 15.3. The molecule has 2 heterocycles. The second kappa shape index (κ2) is 8.71. The Hall–Kier alpha value is -2.77. The fourth-order valence-electron chi connectivity index (χ4n) is 3.55. The topological polar surface area (TPSA) is 61.4 Å². The van der Waals surface area contributed by atoms with Gasteiger partial charge >= 0.3 is 0 Å². The zero-order chi connectivity index (χ0) is 20.2. The molecule has 2 amide bonds. The molecule has 0 bridgehead atoms. The van der Waals surface area contributed by atoms with Crippen LogP contribution in [0.3, 0.4) is 0 Å². The van der Waals surface area contributed by atoms with Crippen LogP contribution in [0, 0.1) is 5.82 Å². The molecule has 1 aliphatic rings. The maximum Gasteiger partial charge on any atom is 0.261 e. The lowest BCUT2D eigenvalue weighted by atomic mass is 10.0. The number of carbonyl (C=O) groups is 2. The first-order valence-electron chi connectivity index (χ1n) is 9.64. The predicted octanol–water partition coefficient (Wildman–Crippen LogP) is 3.87. The number of carbonyl (C=O) groups excluding carboxylic acids is 2. The lowest BCUT2D eigenvalue weighted by Crippen LogP contribution is -2.46. The number of thiophene rings is 1. The van der Waals surface area contributed by atoms with E-state index in [9.17, 15) is 14.0 Å². The number of hydrogen-bond donors (Lipinski definition) is 2. The van der Waals surface area contributed by atoms with Gasteiger partial charge in [-0.15, -0.1) is 11.3 Å². The Morgan fingerprint density at radius 3 is 2.55 bits per heavy atom. The highest BCUT2D eigenvalue weighted by molar-refractivity contribution is 7.20. The molecule has 4 rings (SSSR count). The monoisotopic (exact) mass is 411 g/mol. The van der Waals surface area contributed by atoms with E-state index >= 15 is 0 Å². The molecular formula is C22H22FN3O2S. The molecular weight excluding hydrogens is 389 g/mol. The van der Waals surface area contributed by atoms with Gasteiger partial charge in [0.1, 0.15) is 5.82 Å². The fourth-order valence-corrected chi connectivity index (χ4v) is 4.53. The number of hydrogen-bond acceptors (Lipinski definition) is 4. The third-order valence-corrected chi connectivity index (χ3v) is 6.18. The van der Waals surface area contributed by atoms with Crippen LogP contribution in [0.4, 0.5) is 10.1 Å². The first-order chi connectivity index (χ1) is 14.1. The first-order valence-corrected chi connectivity index (χ1v) is 10.5. The van der Waals surface area contributed by atoms with Crippen LogP contribution in [0.15, 0.2) is 54.6 Å². The lowest BCUT2D eigenvalue weighted by molar-refractivity contribution is -0.117. The molecule has 0 atom stereocenters. The number of likely N-dealkylation sites (tertiary alicyclic amines) is 1. The predicted molar refractivity (Wildman–Crippen MR) is 114 cm³/mol. The van der Waals surface area contributed by atoms with Crippen molar-refractivity contribution in [2.45, 2.75) is 18.9 Å². The standard InChI is InChI=1S/C22H22FN3O2S/c23-18-7-4-8-19-17(18)13-20(29-19)22(28)25-16-9-11-26(12-10-16)14-21(27)24-15-5-2-1-3-6-15/h1-8,13,16H,9-12,14H2,(H,24,27)(H,25,28). The molecule has 0 saturated carbocycles. The SMILES string of the molecule is O=C(CN1CCC(NC(=O)c2cc3c(F)cccc3s2)CC1)Nc1ccccc1. The van der Waals surface area contributed by atoms with E-state index < -0.39 is 0 Å². The van der Waals surface area contributed by atoms with Gasteiger partial charge in [-0.2, -0.15) is 0 Å². The van der Waals surface area contributed by atoms with Gasteiger partial charge in [-0.25, -0.2) is 4.39 Å². The van der Waals surface area contributed by atoms with Gasteiger partial charge in [0.05, 0.1) is 11.4 Å². The molecule has 2 N–H and O–H groups in total. The largest absolute Gasteiger partial charge is 0.349 e. The number of halogens is 1. The van der Waals surface area contributed by atoms with Crippen LogP contribution < -0.4 is 10.6 Å². The number of fused-ring (bicyclic) bond motifs is 1. The fraction of sp³-hybridized carbons (Fsp3) is 0.273. The Kier molecular flexibility index (Phi) is 5.87. The smallest absolute Gasteiger partial charge is 0.261 e. The van der Waals surface area contributed by atoms with Gasteiger partial charge in [-0.3, -0.25) is 14.5 Å². The highest BCUT2D eigenvalue weighted by atomic mass is 32.1. The van der Waals surface area contributed by atoms with Crippen molar-refractivity contribution in [3.63, 3.8) is 0 Å². The number of anilines is 1. The van der Waals surface area contributed by atoms with E-state index in [1.807, 2.05) is 36.4 Å². The second-order valence-corrected chi connectivity index (χ2v) is 8.28. The second-order valence-electron chi connectivity index (χ2n) is 7.20. The van der Waals surface area contributed by atoms with E-state index in [1.165, 1.54) is 17.4 Å². The number of piperidine rings is 1. The molecule has 0 aliphatic carbocycles. The van der Waals surface area contributed by atoms with Crippen molar-refractivity contribution in [2.75, 3.05) is 25.0 Å². The van der Waals surface area contributed by atoms with Crippen molar-refractivity contribution >= 4 is 38.9 Å². The van der Waals surface area contributed by atoms with Gasteiger partial charge in [0, 0.05) is 34.9 Å². The number of rotatable bonds is 5. The number of nitrogens with zero attached hydrogens (tertiary/aromatic N) is 1. The third-order valence-electron chi connectivity index (χ3n) is 5.08. The summed E-state index contributed by atoms with van der Waals surface area (Å²) in [5, 5.41) is 6.43.